The molecule has 0 radical (unpaired) electrons. The number of fused-ring (bicyclic) bond motifs is 2. The Morgan fingerprint density at radius 2 is 2.39 bits per heavy atom. The van der Waals surface area contributed by atoms with Gasteiger partial charge in [0.15, 0.2) is 0 Å². The molecule has 0 N–H and O–H groups in total. The van der Waals surface area contributed by atoms with Crippen molar-refractivity contribution in [1.82, 2.24) is 9.88 Å². The fourth-order valence-corrected chi connectivity index (χ4v) is 5.19. The smallest absolute Gasteiger partial charge is 0.208 e. The van der Waals surface area contributed by atoms with Crippen LogP contribution in [0, 0.1) is 0 Å². The van der Waals surface area contributed by atoms with E-state index in [2.05, 4.69) is 29.8 Å². The minimum absolute atomic E-state index is 0.0655. The number of hydrogen-bond acceptors (Lipinski definition) is 5. The zero-order valence-corrected chi connectivity index (χ0v) is 14.7. The number of likely N-dealkylation sites (tertiary alicyclic amines) is 1. The number of oxazole rings is 1. The second-order valence-corrected chi connectivity index (χ2v) is 7.92. The van der Waals surface area contributed by atoms with Crippen LogP contribution in [-0.2, 0) is 29.7 Å². The fourth-order valence-electron chi connectivity index (χ4n) is 4.01. The van der Waals surface area contributed by atoms with E-state index in [0.29, 0.717) is 6.04 Å². The molecule has 0 bridgehead atoms. The van der Waals surface area contributed by atoms with Crippen LogP contribution in [0.2, 0.25) is 0 Å². The van der Waals surface area contributed by atoms with Crippen molar-refractivity contribution in [3.8, 4) is 0 Å². The lowest BCUT2D eigenvalue weighted by molar-refractivity contribution is -0.113. The first-order valence-corrected chi connectivity index (χ1v) is 9.40. The molecule has 4 heterocycles. The molecule has 5 heteroatoms. The summed E-state index contributed by atoms with van der Waals surface area (Å²) in [6.45, 7) is 7.23. The van der Waals surface area contributed by atoms with Gasteiger partial charge in [0.2, 0.25) is 5.89 Å². The van der Waals surface area contributed by atoms with Crippen LogP contribution in [0.15, 0.2) is 22.9 Å². The zero-order valence-electron chi connectivity index (χ0n) is 13.9. The van der Waals surface area contributed by atoms with E-state index >= 15 is 0 Å². The summed E-state index contributed by atoms with van der Waals surface area (Å²) in [7, 11) is 0. The molecule has 4 rings (SSSR count). The minimum atomic E-state index is -0.0655. The Morgan fingerprint density at radius 3 is 3.13 bits per heavy atom. The monoisotopic (exact) mass is 332 g/mol. The summed E-state index contributed by atoms with van der Waals surface area (Å²) in [6.07, 6.45) is 7.69. The van der Waals surface area contributed by atoms with E-state index in [1.165, 1.54) is 10.4 Å². The van der Waals surface area contributed by atoms with Crippen molar-refractivity contribution in [2.45, 2.75) is 57.7 Å². The van der Waals surface area contributed by atoms with Crippen LogP contribution < -0.4 is 0 Å². The summed E-state index contributed by atoms with van der Waals surface area (Å²) in [4.78, 5) is 9.77. The van der Waals surface area contributed by atoms with Crippen LogP contribution in [0.1, 0.15) is 47.9 Å². The fraction of sp³-hybridized carbons (Fsp3) is 0.611. The first-order valence-electron chi connectivity index (χ1n) is 8.58. The van der Waals surface area contributed by atoms with Crippen molar-refractivity contribution in [3.05, 3.63) is 39.7 Å². The highest BCUT2D eigenvalue weighted by Gasteiger charge is 2.44. The van der Waals surface area contributed by atoms with E-state index in [1.807, 2.05) is 11.3 Å². The van der Waals surface area contributed by atoms with Gasteiger partial charge in [0, 0.05) is 28.8 Å². The predicted molar refractivity (Wildman–Crippen MR) is 90.6 cm³/mol. The molecule has 2 aromatic heterocycles. The molecule has 1 spiro atoms. The van der Waals surface area contributed by atoms with E-state index in [0.717, 1.165) is 51.3 Å². The third-order valence-corrected chi connectivity index (χ3v) is 6.62. The summed E-state index contributed by atoms with van der Waals surface area (Å²) in [5, 5.41) is 0. The van der Waals surface area contributed by atoms with E-state index < -0.39 is 0 Å². The number of aryl methyl sites for hydroxylation is 1. The Kier molecular flexibility index (Phi) is 4.03. The molecule has 2 aromatic rings. The Balaban J connectivity index is 1.55. The predicted octanol–water partition coefficient (Wildman–Crippen LogP) is 3.75. The maximum absolute atomic E-state index is 6.39. The highest BCUT2D eigenvalue weighted by atomic mass is 32.1. The summed E-state index contributed by atoms with van der Waals surface area (Å²) < 4.78 is 11.8. The number of nitrogens with zero attached hydrogens (tertiary/aromatic N) is 2. The molecule has 4 nitrogen and oxygen atoms in total. The van der Waals surface area contributed by atoms with Gasteiger partial charge < -0.3 is 9.15 Å². The van der Waals surface area contributed by atoms with Gasteiger partial charge in [-0.05, 0) is 37.8 Å². The first-order chi connectivity index (χ1) is 11.2. The summed E-state index contributed by atoms with van der Waals surface area (Å²) in [5.41, 5.74) is 1.41. The quantitative estimate of drug-likeness (QED) is 0.858. The van der Waals surface area contributed by atoms with Crippen LogP contribution in [-0.4, -0.2) is 29.1 Å². The van der Waals surface area contributed by atoms with Crippen LogP contribution in [0.4, 0.5) is 0 Å². The maximum atomic E-state index is 6.39. The average Bonchev–Trinajstić information content (AvgIpc) is 3.20. The van der Waals surface area contributed by atoms with Crippen molar-refractivity contribution < 1.29 is 9.15 Å². The van der Waals surface area contributed by atoms with Crippen molar-refractivity contribution in [2.24, 2.45) is 0 Å². The summed E-state index contributed by atoms with van der Waals surface area (Å²) in [5.74, 6) is 0.807. The molecule has 124 valence electrons. The molecule has 0 aromatic carbocycles. The molecule has 0 unspecified atom stereocenters. The Hall–Kier alpha value is -1.17. The molecule has 2 aliphatic rings. The van der Waals surface area contributed by atoms with Gasteiger partial charge >= 0.3 is 0 Å². The molecule has 1 saturated heterocycles. The molecular weight excluding hydrogens is 308 g/mol. The highest BCUT2D eigenvalue weighted by Crippen LogP contribution is 2.46. The van der Waals surface area contributed by atoms with Gasteiger partial charge in [-0.3, -0.25) is 4.90 Å². The summed E-state index contributed by atoms with van der Waals surface area (Å²) >= 11 is 1.99. The van der Waals surface area contributed by atoms with Gasteiger partial charge in [-0.15, -0.1) is 11.3 Å². The second-order valence-electron chi connectivity index (χ2n) is 6.70. The van der Waals surface area contributed by atoms with E-state index in [4.69, 9.17) is 9.15 Å². The maximum Gasteiger partial charge on any atom is 0.208 e. The number of rotatable bonds is 3. The van der Waals surface area contributed by atoms with Gasteiger partial charge in [0.1, 0.15) is 6.26 Å². The van der Waals surface area contributed by atoms with Crippen molar-refractivity contribution in [2.75, 3.05) is 13.2 Å². The molecule has 23 heavy (non-hydrogen) atoms. The topological polar surface area (TPSA) is 38.5 Å². The third-order valence-electron chi connectivity index (χ3n) is 5.28. The molecular formula is C18H24N2O2S. The molecule has 0 aliphatic carbocycles. The number of ether oxygens (including phenoxy) is 1. The molecule has 2 aliphatic heterocycles. The van der Waals surface area contributed by atoms with E-state index in [1.54, 1.807) is 17.3 Å². The lowest BCUT2D eigenvalue weighted by Gasteiger charge is -2.47. The van der Waals surface area contributed by atoms with Crippen LogP contribution in [0.5, 0.6) is 0 Å². The van der Waals surface area contributed by atoms with Gasteiger partial charge in [0.05, 0.1) is 24.9 Å². The van der Waals surface area contributed by atoms with Crippen molar-refractivity contribution >= 4 is 11.3 Å². The largest absolute Gasteiger partial charge is 0.448 e. The van der Waals surface area contributed by atoms with Crippen molar-refractivity contribution in [1.29, 1.82) is 0 Å². The lowest BCUT2D eigenvalue weighted by Crippen LogP contribution is -2.50. The third kappa shape index (κ3) is 2.75. The first kappa shape index (κ1) is 15.4. The van der Waals surface area contributed by atoms with Crippen LogP contribution in [0.3, 0.4) is 0 Å². The molecule has 0 amide bonds. The van der Waals surface area contributed by atoms with Gasteiger partial charge in [-0.1, -0.05) is 6.92 Å². The van der Waals surface area contributed by atoms with Gasteiger partial charge in [-0.25, -0.2) is 4.98 Å². The Bertz CT molecular complexity index is 667. The number of piperidine rings is 1. The standard InChI is InChI=1S/C18H24N2O2S/c1-3-14-10-15-16(23-14)4-8-22-18(15)5-7-20(13(2)11-18)12-17-19-6-9-21-17/h6,9-10,13H,3-5,7-8,11-12H2,1-2H3/t13-,18+/m0/s1. The normalized spacial score (nSPS) is 28.2. The Morgan fingerprint density at radius 1 is 1.48 bits per heavy atom. The van der Waals surface area contributed by atoms with Crippen LogP contribution >= 0.6 is 11.3 Å². The SMILES string of the molecule is CCc1cc2c(s1)CCO[C@@]21CCN(Cc2ncco2)[C@@H](C)C1. The zero-order chi connectivity index (χ0) is 15.9. The van der Waals surface area contributed by atoms with Gasteiger partial charge in [-0.2, -0.15) is 0 Å². The number of aromatic nitrogens is 1. The molecule has 1 fully saturated rings. The average molecular weight is 332 g/mol. The highest BCUT2D eigenvalue weighted by molar-refractivity contribution is 7.12. The number of thiophene rings is 1. The lowest BCUT2D eigenvalue weighted by atomic mass is 9.79. The molecule has 0 saturated carbocycles. The van der Waals surface area contributed by atoms with E-state index in [9.17, 15) is 0 Å². The van der Waals surface area contributed by atoms with Crippen molar-refractivity contribution in [3.63, 3.8) is 0 Å². The van der Waals surface area contributed by atoms with Gasteiger partial charge in [0.25, 0.3) is 0 Å². The minimum Gasteiger partial charge on any atom is -0.448 e. The van der Waals surface area contributed by atoms with Crippen LogP contribution in [0.25, 0.3) is 0 Å². The second kappa shape index (κ2) is 6.04. The Labute approximate surface area is 141 Å². The van der Waals surface area contributed by atoms with E-state index in [-0.39, 0.29) is 5.60 Å². The number of hydrogen-bond donors (Lipinski definition) is 0. The molecule has 2 atom stereocenters. The summed E-state index contributed by atoms with van der Waals surface area (Å²) in [6, 6.07) is 2.88.